The van der Waals surface area contributed by atoms with Crippen LogP contribution in [0, 0.1) is 0 Å². The molecule has 0 unspecified atom stereocenters. The molecule has 1 saturated heterocycles. The summed E-state index contributed by atoms with van der Waals surface area (Å²) in [5, 5.41) is 0. The summed E-state index contributed by atoms with van der Waals surface area (Å²) in [4.78, 5) is 11.2. The summed E-state index contributed by atoms with van der Waals surface area (Å²) in [6.45, 7) is 1.91. The minimum absolute atomic E-state index is 0.240. The molecule has 0 aromatic rings. The first kappa shape index (κ1) is 10.8. The van der Waals surface area contributed by atoms with Gasteiger partial charge in [-0.15, -0.1) is 0 Å². The van der Waals surface area contributed by atoms with Crippen molar-refractivity contribution >= 4 is 27.6 Å². The van der Waals surface area contributed by atoms with E-state index in [1.807, 2.05) is 0 Å². The molecule has 0 bridgehead atoms. The third-order valence-electron chi connectivity index (χ3n) is 1.65. The van der Waals surface area contributed by atoms with Crippen molar-refractivity contribution in [1.29, 1.82) is 0 Å². The quantitative estimate of drug-likeness (QED) is 0.608. The van der Waals surface area contributed by atoms with Gasteiger partial charge in [0, 0.05) is 33.1 Å². The molecule has 1 rings (SSSR count). The van der Waals surface area contributed by atoms with Gasteiger partial charge in [-0.05, 0) is 13.3 Å². The average Bonchev–Trinajstić information content (AvgIpc) is 2.04. The number of ether oxygens (including phenoxy) is 1. The molecule has 2 atom stereocenters. The van der Waals surface area contributed by atoms with Gasteiger partial charge in [0.2, 0.25) is 4.58 Å². The number of carbonyl (C=O) groups excluding carboxylic acids is 1. The van der Waals surface area contributed by atoms with Crippen molar-refractivity contribution in [3.8, 4) is 0 Å². The van der Waals surface area contributed by atoms with Crippen LogP contribution in [0.4, 0.5) is 0 Å². The van der Waals surface area contributed by atoms with E-state index in [-0.39, 0.29) is 6.61 Å². The molecule has 6 heteroatoms. The lowest BCUT2D eigenvalue weighted by atomic mass is 10.6. The number of carbonyl (C=O) groups is 1. The van der Waals surface area contributed by atoms with E-state index in [0.29, 0.717) is 17.9 Å². The Hall–Kier alpha value is -0.230. The highest BCUT2D eigenvalue weighted by Gasteiger charge is 2.35. The first-order valence-electron chi connectivity index (χ1n) is 4.07. The van der Waals surface area contributed by atoms with E-state index < -0.39 is 32.2 Å². The fraction of sp³-hybridized carbons (Fsp3) is 0.857. The summed E-state index contributed by atoms with van der Waals surface area (Å²) in [6.07, 6.45) is 0.662. The first-order valence-corrected chi connectivity index (χ1v) is 6.84. The normalized spacial score (nSPS) is 29.9. The van der Waals surface area contributed by atoms with Crippen molar-refractivity contribution in [3.05, 3.63) is 0 Å². The zero-order valence-corrected chi connectivity index (χ0v) is 8.99. The van der Waals surface area contributed by atoms with E-state index in [1.54, 1.807) is 6.92 Å². The molecule has 0 aliphatic carbocycles. The van der Waals surface area contributed by atoms with Gasteiger partial charge in [-0.25, -0.2) is 4.79 Å². The Morgan fingerprint density at radius 2 is 1.92 bits per heavy atom. The number of hydrogen-bond donors (Lipinski definition) is 0. The van der Waals surface area contributed by atoms with Crippen molar-refractivity contribution in [2.45, 2.75) is 17.9 Å². The van der Waals surface area contributed by atoms with Gasteiger partial charge in [0.25, 0.3) is 0 Å². The van der Waals surface area contributed by atoms with Crippen LogP contribution in [0.25, 0.3) is 0 Å². The molecular formula is C7H12O4S2. The molecule has 0 aromatic carbocycles. The maximum Gasteiger partial charge on any atom is 0.334 e. The Morgan fingerprint density at radius 1 is 1.38 bits per heavy atom. The maximum atomic E-state index is 11.3. The first-order chi connectivity index (χ1) is 6.16. The molecule has 1 fully saturated rings. The van der Waals surface area contributed by atoms with Gasteiger partial charge in [-0.1, -0.05) is 0 Å². The van der Waals surface area contributed by atoms with Gasteiger partial charge in [-0.2, -0.15) is 0 Å². The van der Waals surface area contributed by atoms with Crippen molar-refractivity contribution in [1.82, 2.24) is 0 Å². The lowest BCUT2D eigenvalue weighted by molar-refractivity contribution is -0.140. The molecule has 0 amide bonds. The Labute approximate surface area is 81.9 Å². The molecule has 0 radical (unpaired) electrons. The minimum atomic E-state index is -1.31. The number of rotatable bonds is 2. The largest absolute Gasteiger partial charge is 0.464 e. The summed E-state index contributed by atoms with van der Waals surface area (Å²) >= 11 is 0. The Morgan fingerprint density at radius 3 is 2.38 bits per heavy atom. The van der Waals surface area contributed by atoms with E-state index >= 15 is 0 Å². The predicted molar refractivity (Wildman–Crippen MR) is 51.1 cm³/mol. The summed E-state index contributed by atoms with van der Waals surface area (Å²) in [7, 11) is -2.63. The van der Waals surface area contributed by atoms with E-state index in [4.69, 9.17) is 4.74 Å². The summed E-state index contributed by atoms with van der Waals surface area (Å²) < 4.78 is 26.5. The molecule has 1 heterocycles. The summed E-state index contributed by atoms with van der Waals surface area (Å²) in [6, 6.07) is 0. The highest BCUT2D eigenvalue weighted by molar-refractivity contribution is 8.04. The third-order valence-corrected chi connectivity index (χ3v) is 5.66. The lowest BCUT2D eigenvalue weighted by Gasteiger charge is -2.18. The second-order valence-electron chi connectivity index (χ2n) is 2.61. The van der Waals surface area contributed by atoms with Gasteiger partial charge in [-0.3, -0.25) is 8.42 Å². The van der Waals surface area contributed by atoms with Crippen LogP contribution in [-0.2, 0) is 31.1 Å². The topological polar surface area (TPSA) is 60.4 Å². The van der Waals surface area contributed by atoms with Crippen LogP contribution in [0.3, 0.4) is 0 Å². The van der Waals surface area contributed by atoms with Crippen LogP contribution >= 0.6 is 0 Å². The highest BCUT2D eigenvalue weighted by atomic mass is 32.2. The number of hydrogen-bond acceptors (Lipinski definition) is 4. The Kier molecular flexibility index (Phi) is 4.05. The van der Waals surface area contributed by atoms with Crippen LogP contribution in [0.2, 0.25) is 0 Å². The zero-order valence-electron chi connectivity index (χ0n) is 7.36. The van der Waals surface area contributed by atoms with Crippen LogP contribution < -0.4 is 0 Å². The second kappa shape index (κ2) is 4.85. The van der Waals surface area contributed by atoms with E-state index in [1.165, 1.54) is 0 Å². The Balaban J connectivity index is 2.68. The van der Waals surface area contributed by atoms with Crippen molar-refractivity contribution < 1.29 is 17.9 Å². The SMILES string of the molecule is CCOC(=O)C1[S@@](=O)CCC[S@@]1=O. The molecule has 4 nitrogen and oxygen atoms in total. The minimum Gasteiger partial charge on any atom is -0.464 e. The van der Waals surface area contributed by atoms with Crippen molar-refractivity contribution in [2.24, 2.45) is 0 Å². The number of esters is 1. The Bertz CT molecular complexity index is 235. The standard InChI is InChI=1S/C7H12O4S2/c1-2-11-6(8)7-12(9)4-3-5-13(7)10/h7H,2-5H2,1H3/t12-,13-/m0/s1. The molecular weight excluding hydrogens is 212 g/mol. The molecule has 0 aromatic heterocycles. The van der Waals surface area contributed by atoms with Crippen LogP contribution in [-0.4, -0.2) is 37.1 Å². The molecule has 1 aliphatic rings. The lowest BCUT2D eigenvalue weighted by Crippen LogP contribution is -2.38. The van der Waals surface area contributed by atoms with Gasteiger partial charge >= 0.3 is 5.97 Å². The molecule has 13 heavy (non-hydrogen) atoms. The maximum absolute atomic E-state index is 11.3. The molecule has 1 aliphatic heterocycles. The summed E-state index contributed by atoms with van der Waals surface area (Å²) in [5.41, 5.74) is 0. The fourth-order valence-corrected chi connectivity index (χ4v) is 4.67. The average molecular weight is 224 g/mol. The molecule has 0 spiro atoms. The van der Waals surface area contributed by atoms with E-state index in [9.17, 15) is 13.2 Å². The van der Waals surface area contributed by atoms with Crippen LogP contribution in [0.15, 0.2) is 0 Å². The van der Waals surface area contributed by atoms with Gasteiger partial charge < -0.3 is 4.74 Å². The third kappa shape index (κ3) is 2.60. The smallest absolute Gasteiger partial charge is 0.334 e. The second-order valence-corrected chi connectivity index (χ2v) is 6.19. The predicted octanol–water partition coefficient (Wildman–Crippen LogP) is -0.223. The summed E-state index contributed by atoms with van der Waals surface area (Å²) in [5.74, 6) is 0.323. The van der Waals surface area contributed by atoms with Crippen LogP contribution in [0.5, 0.6) is 0 Å². The van der Waals surface area contributed by atoms with E-state index in [0.717, 1.165) is 0 Å². The van der Waals surface area contributed by atoms with Crippen molar-refractivity contribution in [3.63, 3.8) is 0 Å². The molecule has 0 saturated carbocycles. The molecule has 76 valence electrons. The fourth-order valence-electron chi connectivity index (χ4n) is 1.10. The van der Waals surface area contributed by atoms with Gasteiger partial charge in [0.1, 0.15) is 0 Å². The highest BCUT2D eigenvalue weighted by Crippen LogP contribution is 2.14. The van der Waals surface area contributed by atoms with Crippen LogP contribution in [0.1, 0.15) is 13.3 Å². The van der Waals surface area contributed by atoms with E-state index in [2.05, 4.69) is 0 Å². The monoisotopic (exact) mass is 224 g/mol. The molecule has 0 N–H and O–H groups in total. The van der Waals surface area contributed by atoms with Gasteiger partial charge in [0.15, 0.2) is 0 Å². The van der Waals surface area contributed by atoms with Gasteiger partial charge in [0.05, 0.1) is 6.61 Å². The zero-order chi connectivity index (χ0) is 9.84. The van der Waals surface area contributed by atoms with Crippen molar-refractivity contribution in [2.75, 3.05) is 18.1 Å².